The number of carbonyl (C=O) groups is 3. The number of carbonyl (C=O) groups excluding carboxylic acids is 3. The summed E-state index contributed by atoms with van der Waals surface area (Å²) in [5.41, 5.74) is 5.34. The van der Waals surface area contributed by atoms with Gasteiger partial charge in [0.15, 0.2) is 5.11 Å². The summed E-state index contributed by atoms with van der Waals surface area (Å²) in [4.78, 5) is 38.6. The van der Waals surface area contributed by atoms with Crippen molar-refractivity contribution in [3.8, 4) is 5.75 Å². The molecule has 10 heteroatoms. The molecule has 0 radical (unpaired) electrons. The Hall–Kier alpha value is -3.40. The number of ether oxygens (including phenoxy) is 1. The maximum atomic E-state index is 12.4. The largest absolute Gasteiger partial charge is 0.491 e. The van der Waals surface area contributed by atoms with E-state index in [2.05, 4.69) is 16.2 Å². The number of hydrogen-bond acceptors (Lipinski definition) is 6. The van der Waals surface area contributed by atoms with Crippen molar-refractivity contribution in [2.24, 2.45) is 5.92 Å². The maximum Gasteiger partial charge on any atom is 0.257 e. The highest BCUT2D eigenvalue weighted by Gasteiger charge is 2.34. The number of hydrazine groups is 1. The molecule has 1 aliphatic heterocycles. The lowest BCUT2D eigenvalue weighted by molar-refractivity contribution is -0.129. The lowest BCUT2D eigenvalue weighted by Gasteiger charge is -2.16. The van der Waals surface area contributed by atoms with Gasteiger partial charge in [-0.15, -0.1) is 0 Å². The van der Waals surface area contributed by atoms with Crippen molar-refractivity contribution < 1.29 is 23.5 Å². The highest BCUT2D eigenvalue weighted by Crippen LogP contribution is 2.20. The van der Waals surface area contributed by atoms with E-state index in [0.29, 0.717) is 23.6 Å². The number of likely N-dealkylation sites (tertiary alicyclic amines) is 1. The molecule has 2 atom stereocenters. The molecule has 1 aromatic carbocycles. The molecule has 0 spiro atoms. The monoisotopic (exact) mass is 458 g/mol. The van der Waals surface area contributed by atoms with E-state index >= 15 is 0 Å². The van der Waals surface area contributed by atoms with Gasteiger partial charge in [-0.25, -0.2) is 0 Å². The van der Waals surface area contributed by atoms with Gasteiger partial charge in [0.1, 0.15) is 11.5 Å². The van der Waals surface area contributed by atoms with E-state index in [-0.39, 0.29) is 36.0 Å². The Morgan fingerprint density at radius 2 is 2.09 bits per heavy atom. The molecule has 2 heterocycles. The van der Waals surface area contributed by atoms with Crippen LogP contribution in [0.2, 0.25) is 0 Å². The van der Waals surface area contributed by atoms with Crippen molar-refractivity contribution in [1.29, 1.82) is 0 Å². The van der Waals surface area contributed by atoms with Crippen molar-refractivity contribution in [1.82, 2.24) is 21.1 Å². The van der Waals surface area contributed by atoms with Crippen molar-refractivity contribution in [3.63, 3.8) is 0 Å². The highest BCUT2D eigenvalue weighted by molar-refractivity contribution is 7.80. The first-order chi connectivity index (χ1) is 15.4. The van der Waals surface area contributed by atoms with Crippen molar-refractivity contribution in [2.45, 2.75) is 39.3 Å². The molecular formula is C22H26N4O5S. The fourth-order valence-corrected chi connectivity index (χ4v) is 3.29. The first-order valence-electron chi connectivity index (χ1n) is 10.3. The third-order valence-corrected chi connectivity index (χ3v) is 5.25. The Morgan fingerprint density at radius 3 is 2.81 bits per heavy atom. The molecule has 0 saturated carbocycles. The topological polar surface area (TPSA) is 113 Å². The van der Waals surface area contributed by atoms with E-state index in [4.69, 9.17) is 21.4 Å². The second-order valence-electron chi connectivity index (χ2n) is 7.52. The summed E-state index contributed by atoms with van der Waals surface area (Å²) in [5.74, 6) is -0.244. The summed E-state index contributed by atoms with van der Waals surface area (Å²) in [5, 5.41) is 2.44. The molecule has 1 fully saturated rings. The molecule has 0 bridgehead atoms. The van der Waals surface area contributed by atoms with E-state index in [1.165, 1.54) is 6.26 Å². The summed E-state index contributed by atoms with van der Waals surface area (Å²) < 4.78 is 11.0. The predicted molar refractivity (Wildman–Crippen MR) is 120 cm³/mol. The van der Waals surface area contributed by atoms with Crippen LogP contribution in [0.3, 0.4) is 0 Å². The molecule has 32 heavy (non-hydrogen) atoms. The number of hydrogen-bond donors (Lipinski definition) is 3. The number of nitrogens with one attached hydrogen (secondary N) is 3. The van der Waals surface area contributed by atoms with E-state index in [9.17, 15) is 14.4 Å². The molecule has 170 valence electrons. The Kier molecular flexibility index (Phi) is 7.82. The second-order valence-corrected chi connectivity index (χ2v) is 7.92. The van der Waals surface area contributed by atoms with E-state index in [0.717, 1.165) is 6.42 Å². The SMILES string of the molecule is CCC(C)Oc1cccc(C(=O)NC(=S)NNC(=O)C2CC(=O)N(Cc3ccco3)C2)c1. The zero-order chi connectivity index (χ0) is 23.1. The minimum Gasteiger partial charge on any atom is -0.491 e. The molecule has 3 rings (SSSR count). The number of rotatable bonds is 7. The van der Waals surface area contributed by atoms with Crippen LogP contribution >= 0.6 is 12.2 Å². The average Bonchev–Trinajstić information content (AvgIpc) is 3.42. The summed E-state index contributed by atoms with van der Waals surface area (Å²) in [6.07, 6.45) is 2.51. The third kappa shape index (κ3) is 6.30. The molecule has 9 nitrogen and oxygen atoms in total. The summed E-state index contributed by atoms with van der Waals surface area (Å²) in [7, 11) is 0. The van der Waals surface area contributed by atoms with Gasteiger partial charge in [-0.05, 0) is 55.9 Å². The van der Waals surface area contributed by atoms with Crippen molar-refractivity contribution >= 4 is 35.1 Å². The van der Waals surface area contributed by atoms with Crippen molar-refractivity contribution in [2.75, 3.05) is 6.54 Å². The van der Waals surface area contributed by atoms with Gasteiger partial charge in [0.25, 0.3) is 5.91 Å². The van der Waals surface area contributed by atoms with Crippen LogP contribution < -0.4 is 20.9 Å². The van der Waals surface area contributed by atoms with E-state index in [1.54, 1.807) is 41.3 Å². The van der Waals surface area contributed by atoms with Crippen molar-refractivity contribution in [3.05, 3.63) is 54.0 Å². The van der Waals surface area contributed by atoms with Gasteiger partial charge in [-0.1, -0.05) is 13.0 Å². The van der Waals surface area contributed by atoms with Crippen LogP contribution in [0.25, 0.3) is 0 Å². The minimum absolute atomic E-state index is 0.0312. The van der Waals surface area contributed by atoms with Crippen LogP contribution in [-0.4, -0.2) is 40.4 Å². The molecule has 2 unspecified atom stereocenters. The standard InChI is InChI=1S/C22H26N4O5S/c1-3-14(2)31-17-7-4-6-15(10-17)20(28)23-22(32)25-24-21(29)16-11-19(27)26(12-16)13-18-8-5-9-30-18/h4-10,14,16H,3,11-13H2,1-2H3,(H,24,29)(H2,23,25,28,32). The average molecular weight is 459 g/mol. The van der Waals surface area contributed by atoms with Gasteiger partial charge in [-0.3, -0.25) is 30.6 Å². The Bertz CT molecular complexity index is 978. The van der Waals surface area contributed by atoms with Gasteiger partial charge in [-0.2, -0.15) is 0 Å². The smallest absolute Gasteiger partial charge is 0.257 e. The maximum absolute atomic E-state index is 12.4. The van der Waals surface area contributed by atoms with Crippen LogP contribution in [0.4, 0.5) is 0 Å². The quantitative estimate of drug-likeness (QED) is 0.430. The lowest BCUT2D eigenvalue weighted by Crippen LogP contribution is -2.50. The van der Waals surface area contributed by atoms with Crippen LogP contribution in [0, 0.1) is 5.92 Å². The van der Waals surface area contributed by atoms with Crippen LogP contribution in [0.5, 0.6) is 5.75 Å². The third-order valence-electron chi connectivity index (χ3n) is 5.05. The fraction of sp³-hybridized carbons (Fsp3) is 0.364. The van der Waals surface area contributed by atoms with Gasteiger partial charge < -0.3 is 14.1 Å². The molecule has 1 aliphatic rings. The number of furan rings is 1. The normalized spacial score (nSPS) is 16.4. The minimum atomic E-state index is -0.530. The van der Waals surface area contributed by atoms with Gasteiger partial charge in [0, 0.05) is 18.5 Å². The number of benzene rings is 1. The fourth-order valence-electron chi connectivity index (χ4n) is 3.14. The molecule has 3 N–H and O–H groups in total. The van der Waals surface area contributed by atoms with Gasteiger partial charge in [0.2, 0.25) is 11.8 Å². The first-order valence-corrected chi connectivity index (χ1v) is 10.7. The van der Waals surface area contributed by atoms with E-state index < -0.39 is 11.8 Å². The van der Waals surface area contributed by atoms with Crippen LogP contribution in [-0.2, 0) is 16.1 Å². The highest BCUT2D eigenvalue weighted by atomic mass is 32.1. The van der Waals surface area contributed by atoms with Crippen LogP contribution in [0.1, 0.15) is 42.8 Å². The zero-order valence-corrected chi connectivity index (χ0v) is 18.7. The number of nitrogens with zero attached hydrogens (tertiary/aromatic N) is 1. The Labute approximate surface area is 191 Å². The van der Waals surface area contributed by atoms with Crippen LogP contribution in [0.15, 0.2) is 47.1 Å². The summed E-state index contributed by atoms with van der Waals surface area (Å²) >= 11 is 5.09. The first kappa shape index (κ1) is 23.3. The molecular weight excluding hydrogens is 432 g/mol. The summed E-state index contributed by atoms with van der Waals surface area (Å²) in [6.45, 7) is 4.55. The Morgan fingerprint density at radius 1 is 1.28 bits per heavy atom. The van der Waals surface area contributed by atoms with Gasteiger partial charge >= 0.3 is 0 Å². The van der Waals surface area contributed by atoms with Gasteiger partial charge in [0.05, 0.1) is 24.8 Å². The number of amides is 3. The predicted octanol–water partition coefficient (Wildman–Crippen LogP) is 2.14. The molecule has 3 amide bonds. The number of thiocarbonyl (C=S) groups is 1. The lowest BCUT2D eigenvalue weighted by atomic mass is 10.1. The second kappa shape index (κ2) is 10.8. The molecule has 0 aliphatic carbocycles. The Balaban J connectivity index is 1.45. The molecule has 1 saturated heterocycles. The summed E-state index contributed by atoms with van der Waals surface area (Å²) in [6, 6.07) is 10.3. The molecule has 2 aromatic rings. The van der Waals surface area contributed by atoms with E-state index in [1.807, 2.05) is 13.8 Å². The molecule has 1 aromatic heterocycles. The zero-order valence-electron chi connectivity index (χ0n) is 17.9.